The van der Waals surface area contributed by atoms with Crippen LogP contribution in [0, 0.1) is 6.92 Å². The van der Waals surface area contributed by atoms with E-state index in [0.717, 1.165) is 17.7 Å². The lowest BCUT2D eigenvalue weighted by Gasteiger charge is -2.37. The number of carbonyl (C=O) groups is 2. The summed E-state index contributed by atoms with van der Waals surface area (Å²) in [5, 5.41) is 0. The molecule has 0 bridgehead atoms. The SMILES string of the molecule is Cc1ccc(C(=O)N2CCC(F)(C(=O)N3CCCC3)CC2)s1. The zero-order valence-corrected chi connectivity index (χ0v) is 13.6. The van der Waals surface area contributed by atoms with Gasteiger partial charge in [-0.25, -0.2) is 4.39 Å². The van der Waals surface area contributed by atoms with E-state index >= 15 is 0 Å². The lowest BCUT2D eigenvalue weighted by atomic mass is 9.91. The van der Waals surface area contributed by atoms with Crippen LogP contribution < -0.4 is 0 Å². The number of aryl methyl sites for hydroxylation is 1. The van der Waals surface area contributed by atoms with Gasteiger partial charge in [0.25, 0.3) is 11.8 Å². The van der Waals surface area contributed by atoms with Crippen LogP contribution in [0.3, 0.4) is 0 Å². The lowest BCUT2D eigenvalue weighted by molar-refractivity contribution is -0.145. The number of piperidine rings is 1. The van der Waals surface area contributed by atoms with E-state index in [0.29, 0.717) is 31.1 Å². The van der Waals surface area contributed by atoms with Crippen molar-refractivity contribution in [2.24, 2.45) is 0 Å². The summed E-state index contributed by atoms with van der Waals surface area (Å²) in [6, 6.07) is 3.73. The Morgan fingerprint density at radius 3 is 2.27 bits per heavy atom. The van der Waals surface area contributed by atoms with E-state index in [1.807, 2.05) is 19.1 Å². The second-order valence-corrected chi connectivity index (χ2v) is 7.46. The first-order valence-electron chi connectivity index (χ1n) is 7.84. The fourth-order valence-electron chi connectivity index (χ4n) is 3.19. The molecule has 2 aliphatic heterocycles. The Hall–Kier alpha value is -1.43. The Balaban J connectivity index is 1.61. The van der Waals surface area contributed by atoms with Crippen LogP contribution in [0.5, 0.6) is 0 Å². The summed E-state index contributed by atoms with van der Waals surface area (Å²) in [7, 11) is 0. The molecular formula is C16H21FN2O2S. The molecule has 0 saturated carbocycles. The van der Waals surface area contributed by atoms with Gasteiger partial charge in [-0.1, -0.05) is 0 Å². The van der Waals surface area contributed by atoms with Crippen molar-refractivity contribution in [2.45, 2.75) is 38.3 Å². The second kappa shape index (κ2) is 5.99. The number of amides is 2. The molecule has 0 aliphatic carbocycles. The van der Waals surface area contributed by atoms with Crippen molar-refractivity contribution in [1.29, 1.82) is 0 Å². The van der Waals surface area contributed by atoms with Crippen molar-refractivity contribution in [1.82, 2.24) is 9.80 Å². The van der Waals surface area contributed by atoms with Gasteiger partial charge in [0.1, 0.15) is 0 Å². The molecule has 120 valence electrons. The maximum absolute atomic E-state index is 14.9. The van der Waals surface area contributed by atoms with Crippen LogP contribution in [0.2, 0.25) is 0 Å². The van der Waals surface area contributed by atoms with Gasteiger partial charge in [-0.2, -0.15) is 0 Å². The van der Waals surface area contributed by atoms with E-state index in [4.69, 9.17) is 0 Å². The number of alkyl halides is 1. The first kappa shape index (κ1) is 15.5. The van der Waals surface area contributed by atoms with Crippen LogP contribution in [0.1, 0.15) is 40.2 Å². The fraction of sp³-hybridized carbons (Fsp3) is 0.625. The van der Waals surface area contributed by atoms with Crippen molar-refractivity contribution in [3.8, 4) is 0 Å². The van der Waals surface area contributed by atoms with Gasteiger partial charge in [-0.15, -0.1) is 11.3 Å². The average Bonchev–Trinajstić information content (AvgIpc) is 3.18. The molecule has 0 aromatic carbocycles. The van der Waals surface area contributed by atoms with Crippen molar-refractivity contribution in [2.75, 3.05) is 26.2 Å². The van der Waals surface area contributed by atoms with Crippen LogP contribution in [0.4, 0.5) is 4.39 Å². The maximum Gasteiger partial charge on any atom is 0.263 e. The van der Waals surface area contributed by atoms with E-state index in [2.05, 4.69) is 0 Å². The normalized spacial score (nSPS) is 21.2. The molecule has 1 aromatic rings. The fourth-order valence-corrected chi connectivity index (χ4v) is 4.02. The van der Waals surface area contributed by atoms with Gasteiger partial charge in [0.05, 0.1) is 4.88 Å². The Kier molecular flexibility index (Phi) is 4.21. The number of likely N-dealkylation sites (tertiary alicyclic amines) is 2. The highest BCUT2D eigenvalue weighted by atomic mass is 32.1. The highest BCUT2D eigenvalue weighted by molar-refractivity contribution is 7.13. The van der Waals surface area contributed by atoms with E-state index < -0.39 is 5.67 Å². The molecule has 0 atom stereocenters. The third-order valence-electron chi connectivity index (χ3n) is 4.57. The first-order chi connectivity index (χ1) is 10.5. The highest BCUT2D eigenvalue weighted by Crippen LogP contribution is 2.31. The summed E-state index contributed by atoms with van der Waals surface area (Å²) >= 11 is 1.46. The minimum Gasteiger partial charge on any atom is -0.340 e. The summed E-state index contributed by atoms with van der Waals surface area (Å²) in [5.74, 6) is -0.419. The Bertz CT molecular complexity index is 572. The molecule has 2 fully saturated rings. The molecular weight excluding hydrogens is 303 g/mol. The number of halogens is 1. The first-order valence-corrected chi connectivity index (χ1v) is 8.65. The standard InChI is InChI=1S/C16H21FN2O2S/c1-12-4-5-13(22-12)14(20)18-10-6-16(17,7-11-18)15(21)19-8-2-3-9-19/h4-5H,2-3,6-11H2,1H3. The van der Waals surface area contributed by atoms with Gasteiger partial charge < -0.3 is 9.80 Å². The van der Waals surface area contributed by atoms with Gasteiger partial charge in [0, 0.05) is 43.9 Å². The third kappa shape index (κ3) is 2.89. The maximum atomic E-state index is 14.9. The predicted octanol–water partition coefficient (Wildman–Crippen LogP) is 2.62. The van der Waals surface area contributed by atoms with Crippen LogP contribution in [0.15, 0.2) is 12.1 Å². The molecule has 6 heteroatoms. The minimum atomic E-state index is -1.79. The summed E-state index contributed by atoms with van der Waals surface area (Å²) < 4.78 is 14.9. The molecule has 3 rings (SSSR count). The molecule has 0 N–H and O–H groups in total. The van der Waals surface area contributed by atoms with Crippen LogP contribution >= 0.6 is 11.3 Å². The molecule has 0 radical (unpaired) electrons. The Morgan fingerprint density at radius 2 is 1.73 bits per heavy atom. The number of rotatable bonds is 2. The van der Waals surface area contributed by atoms with Crippen molar-refractivity contribution in [3.63, 3.8) is 0 Å². The molecule has 4 nitrogen and oxygen atoms in total. The summed E-state index contributed by atoms with van der Waals surface area (Å²) in [6.45, 7) is 3.92. The largest absolute Gasteiger partial charge is 0.340 e. The summed E-state index contributed by atoms with van der Waals surface area (Å²) in [5.41, 5.74) is -1.79. The summed E-state index contributed by atoms with van der Waals surface area (Å²) in [6.07, 6.45) is 2.14. The quantitative estimate of drug-likeness (QED) is 0.839. The topological polar surface area (TPSA) is 40.6 Å². The number of thiophene rings is 1. The molecule has 0 spiro atoms. The second-order valence-electron chi connectivity index (χ2n) is 6.17. The van der Waals surface area contributed by atoms with Crippen molar-refractivity contribution >= 4 is 23.2 Å². The van der Waals surface area contributed by atoms with Crippen LogP contribution in [0.25, 0.3) is 0 Å². The zero-order valence-electron chi connectivity index (χ0n) is 12.8. The molecule has 2 amide bonds. The monoisotopic (exact) mass is 324 g/mol. The smallest absolute Gasteiger partial charge is 0.263 e. The predicted molar refractivity (Wildman–Crippen MR) is 83.8 cm³/mol. The molecule has 22 heavy (non-hydrogen) atoms. The van der Waals surface area contributed by atoms with Gasteiger partial charge in [-0.3, -0.25) is 9.59 Å². The third-order valence-corrected chi connectivity index (χ3v) is 5.56. The number of hydrogen-bond donors (Lipinski definition) is 0. The van der Waals surface area contributed by atoms with E-state index in [1.165, 1.54) is 11.3 Å². The van der Waals surface area contributed by atoms with Gasteiger partial charge in [-0.05, 0) is 31.9 Å². The number of hydrogen-bond acceptors (Lipinski definition) is 3. The number of carbonyl (C=O) groups excluding carboxylic acids is 2. The molecule has 2 aliphatic rings. The minimum absolute atomic E-state index is 0.0474. The van der Waals surface area contributed by atoms with E-state index in [9.17, 15) is 14.0 Å². The van der Waals surface area contributed by atoms with Crippen molar-refractivity contribution in [3.05, 3.63) is 21.9 Å². The van der Waals surface area contributed by atoms with Gasteiger partial charge >= 0.3 is 0 Å². The average molecular weight is 324 g/mol. The lowest BCUT2D eigenvalue weighted by Crippen LogP contribution is -2.52. The van der Waals surface area contributed by atoms with Gasteiger partial charge in [0.2, 0.25) is 0 Å². The molecule has 0 unspecified atom stereocenters. The highest BCUT2D eigenvalue weighted by Gasteiger charge is 2.45. The number of nitrogens with zero attached hydrogens (tertiary/aromatic N) is 2. The zero-order chi connectivity index (χ0) is 15.7. The molecule has 1 aromatic heterocycles. The Morgan fingerprint density at radius 1 is 1.09 bits per heavy atom. The van der Waals surface area contributed by atoms with Gasteiger partial charge in [0.15, 0.2) is 5.67 Å². The molecule has 2 saturated heterocycles. The van der Waals surface area contributed by atoms with Crippen LogP contribution in [-0.2, 0) is 4.79 Å². The van der Waals surface area contributed by atoms with E-state index in [-0.39, 0.29) is 24.7 Å². The molecule has 3 heterocycles. The Labute approximate surface area is 133 Å². The van der Waals surface area contributed by atoms with Crippen LogP contribution in [-0.4, -0.2) is 53.5 Å². The van der Waals surface area contributed by atoms with E-state index in [1.54, 1.807) is 9.80 Å². The summed E-state index contributed by atoms with van der Waals surface area (Å²) in [4.78, 5) is 29.8. The van der Waals surface area contributed by atoms with Crippen molar-refractivity contribution < 1.29 is 14.0 Å².